The second-order valence-electron chi connectivity index (χ2n) is 3.95. The highest BCUT2D eigenvalue weighted by Crippen LogP contribution is 2.04. The standard InChI is InChI=1S/C10H16IN3O2/c11-9-5-12-14(6-9)8-10(15)7-13-1-3-16-4-2-13/h5-6,10,15H,1-4,7-8H2. The first-order chi connectivity index (χ1) is 7.74. The van der Waals surface area contributed by atoms with Crippen molar-refractivity contribution in [2.75, 3.05) is 32.8 Å². The second-order valence-corrected chi connectivity index (χ2v) is 5.19. The molecule has 2 heterocycles. The topological polar surface area (TPSA) is 50.5 Å². The summed E-state index contributed by atoms with van der Waals surface area (Å²) in [4.78, 5) is 2.22. The molecule has 90 valence electrons. The van der Waals surface area contributed by atoms with Gasteiger partial charge in [0.1, 0.15) is 0 Å². The van der Waals surface area contributed by atoms with Crippen LogP contribution in [-0.4, -0.2) is 58.7 Å². The van der Waals surface area contributed by atoms with Gasteiger partial charge in [0, 0.05) is 25.8 Å². The Hall–Kier alpha value is -0.180. The Balaban J connectivity index is 1.77. The van der Waals surface area contributed by atoms with Crippen LogP contribution in [0.15, 0.2) is 12.4 Å². The van der Waals surface area contributed by atoms with Gasteiger partial charge in [-0.3, -0.25) is 9.58 Å². The van der Waals surface area contributed by atoms with Gasteiger partial charge in [-0.1, -0.05) is 0 Å². The number of halogens is 1. The van der Waals surface area contributed by atoms with E-state index in [9.17, 15) is 5.11 Å². The van der Waals surface area contributed by atoms with Crippen molar-refractivity contribution >= 4 is 22.6 Å². The maximum Gasteiger partial charge on any atom is 0.0862 e. The van der Waals surface area contributed by atoms with Crippen molar-refractivity contribution in [1.82, 2.24) is 14.7 Å². The van der Waals surface area contributed by atoms with Crippen LogP contribution in [0.2, 0.25) is 0 Å². The SMILES string of the molecule is OC(CN1CCOCC1)Cn1cc(I)cn1. The van der Waals surface area contributed by atoms with E-state index in [2.05, 4.69) is 32.6 Å². The molecular weight excluding hydrogens is 321 g/mol. The van der Waals surface area contributed by atoms with Crippen LogP contribution >= 0.6 is 22.6 Å². The molecule has 0 saturated carbocycles. The molecule has 1 N–H and O–H groups in total. The maximum absolute atomic E-state index is 9.92. The molecule has 0 aromatic carbocycles. The fourth-order valence-electron chi connectivity index (χ4n) is 1.79. The van der Waals surface area contributed by atoms with Gasteiger partial charge in [-0.2, -0.15) is 5.10 Å². The summed E-state index contributed by atoms with van der Waals surface area (Å²) >= 11 is 2.21. The van der Waals surface area contributed by atoms with E-state index in [0.29, 0.717) is 13.1 Å². The van der Waals surface area contributed by atoms with Gasteiger partial charge in [0.15, 0.2) is 0 Å². The van der Waals surface area contributed by atoms with E-state index < -0.39 is 0 Å². The van der Waals surface area contributed by atoms with Crippen molar-refractivity contribution in [2.24, 2.45) is 0 Å². The molecule has 0 bridgehead atoms. The van der Waals surface area contributed by atoms with Gasteiger partial charge in [0.25, 0.3) is 0 Å². The fourth-order valence-corrected chi connectivity index (χ4v) is 2.24. The molecular formula is C10H16IN3O2. The number of ether oxygens (including phenoxy) is 1. The summed E-state index contributed by atoms with van der Waals surface area (Å²) in [7, 11) is 0. The number of morpholine rings is 1. The van der Waals surface area contributed by atoms with Crippen molar-refractivity contribution in [3.8, 4) is 0 Å². The van der Waals surface area contributed by atoms with E-state index in [4.69, 9.17) is 4.74 Å². The lowest BCUT2D eigenvalue weighted by Crippen LogP contribution is -2.42. The molecule has 1 aliphatic heterocycles. The van der Waals surface area contributed by atoms with Crippen LogP contribution < -0.4 is 0 Å². The number of β-amino-alcohol motifs (C(OH)–C–C–N with tert-alkyl or cyclic N) is 1. The third-order valence-corrected chi connectivity index (χ3v) is 3.13. The third kappa shape index (κ3) is 3.69. The smallest absolute Gasteiger partial charge is 0.0862 e. The van der Waals surface area contributed by atoms with Crippen molar-refractivity contribution in [2.45, 2.75) is 12.6 Å². The Bertz CT molecular complexity index is 326. The van der Waals surface area contributed by atoms with Gasteiger partial charge in [0.2, 0.25) is 0 Å². The predicted octanol–water partition coefficient (Wildman–Crippen LogP) is 0.181. The molecule has 0 amide bonds. The zero-order valence-corrected chi connectivity index (χ0v) is 11.2. The van der Waals surface area contributed by atoms with Crippen molar-refractivity contribution in [1.29, 1.82) is 0 Å². The van der Waals surface area contributed by atoms with Gasteiger partial charge >= 0.3 is 0 Å². The number of aromatic nitrogens is 2. The van der Waals surface area contributed by atoms with Crippen LogP contribution in [-0.2, 0) is 11.3 Å². The number of nitrogens with zero attached hydrogens (tertiary/aromatic N) is 3. The highest BCUT2D eigenvalue weighted by atomic mass is 127. The summed E-state index contributed by atoms with van der Waals surface area (Å²) in [5.41, 5.74) is 0. The largest absolute Gasteiger partial charge is 0.390 e. The van der Waals surface area contributed by atoms with Crippen molar-refractivity contribution < 1.29 is 9.84 Å². The summed E-state index contributed by atoms with van der Waals surface area (Å²) in [6.07, 6.45) is 3.36. The van der Waals surface area contributed by atoms with E-state index in [1.165, 1.54) is 0 Å². The lowest BCUT2D eigenvalue weighted by molar-refractivity contribution is 0.0108. The maximum atomic E-state index is 9.92. The molecule has 16 heavy (non-hydrogen) atoms. The predicted molar refractivity (Wildman–Crippen MR) is 68.2 cm³/mol. The molecule has 2 rings (SSSR count). The molecule has 5 nitrogen and oxygen atoms in total. The molecule has 1 atom stereocenters. The summed E-state index contributed by atoms with van der Waals surface area (Å²) in [5, 5.41) is 14.1. The van der Waals surface area contributed by atoms with Gasteiger partial charge in [-0.25, -0.2) is 0 Å². The van der Waals surface area contributed by atoms with Crippen LogP contribution in [0.25, 0.3) is 0 Å². The zero-order valence-electron chi connectivity index (χ0n) is 9.05. The van der Waals surface area contributed by atoms with Crippen LogP contribution in [0.1, 0.15) is 0 Å². The zero-order chi connectivity index (χ0) is 11.4. The van der Waals surface area contributed by atoms with Crippen LogP contribution in [0, 0.1) is 3.57 Å². The highest BCUT2D eigenvalue weighted by molar-refractivity contribution is 14.1. The minimum atomic E-state index is -0.367. The number of rotatable bonds is 4. The van der Waals surface area contributed by atoms with Gasteiger partial charge in [-0.05, 0) is 22.6 Å². The van der Waals surface area contributed by atoms with Crippen LogP contribution in [0.3, 0.4) is 0 Å². The normalized spacial score (nSPS) is 19.9. The average molecular weight is 337 g/mol. The lowest BCUT2D eigenvalue weighted by atomic mass is 10.3. The molecule has 1 aromatic heterocycles. The van der Waals surface area contributed by atoms with E-state index >= 15 is 0 Å². The minimum Gasteiger partial charge on any atom is -0.390 e. The summed E-state index contributed by atoms with van der Waals surface area (Å²) in [5.74, 6) is 0. The summed E-state index contributed by atoms with van der Waals surface area (Å²) < 4.78 is 8.14. The third-order valence-electron chi connectivity index (χ3n) is 2.57. The molecule has 1 saturated heterocycles. The Morgan fingerprint density at radius 2 is 2.19 bits per heavy atom. The van der Waals surface area contributed by atoms with Crippen LogP contribution in [0.5, 0.6) is 0 Å². The molecule has 1 unspecified atom stereocenters. The highest BCUT2D eigenvalue weighted by Gasteiger charge is 2.15. The number of aliphatic hydroxyl groups is 1. The van der Waals surface area contributed by atoms with Gasteiger partial charge in [0.05, 0.1) is 35.6 Å². The first kappa shape index (κ1) is 12.3. The monoisotopic (exact) mass is 337 g/mol. The molecule has 6 heteroatoms. The second kappa shape index (κ2) is 5.95. The van der Waals surface area contributed by atoms with Crippen LogP contribution in [0.4, 0.5) is 0 Å². The van der Waals surface area contributed by atoms with E-state index in [-0.39, 0.29) is 6.10 Å². The minimum absolute atomic E-state index is 0.367. The molecule has 0 aliphatic carbocycles. The molecule has 1 fully saturated rings. The van der Waals surface area contributed by atoms with Crippen molar-refractivity contribution in [3.63, 3.8) is 0 Å². The van der Waals surface area contributed by atoms with Crippen molar-refractivity contribution in [3.05, 3.63) is 16.0 Å². The number of hydrogen-bond donors (Lipinski definition) is 1. The summed E-state index contributed by atoms with van der Waals surface area (Å²) in [6.45, 7) is 4.61. The summed E-state index contributed by atoms with van der Waals surface area (Å²) in [6, 6.07) is 0. The van der Waals surface area contributed by atoms with Gasteiger partial charge in [-0.15, -0.1) is 0 Å². The molecule has 1 aliphatic rings. The van der Waals surface area contributed by atoms with E-state index in [1.54, 1.807) is 10.9 Å². The number of aliphatic hydroxyl groups excluding tert-OH is 1. The molecule has 0 spiro atoms. The first-order valence-electron chi connectivity index (χ1n) is 5.40. The lowest BCUT2D eigenvalue weighted by Gasteiger charge is -2.28. The fraction of sp³-hybridized carbons (Fsp3) is 0.700. The van der Waals surface area contributed by atoms with E-state index in [1.807, 2.05) is 6.20 Å². The van der Waals surface area contributed by atoms with E-state index in [0.717, 1.165) is 29.9 Å². The molecule has 1 aromatic rings. The number of hydrogen-bond acceptors (Lipinski definition) is 4. The molecule has 0 radical (unpaired) electrons. The van der Waals surface area contributed by atoms with Gasteiger partial charge < -0.3 is 9.84 Å². The Kier molecular flexibility index (Phi) is 4.56. The Morgan fingerprint density at radius 1 is 1.44 bits per heavy atom. The Morgan fingerprint density at radius 3 is 2.81 bits per heavy atom. The average Bonchev–Trinajstić information content (AvgIpc) is 2.65. The Labute approximate surface area is 109 Å². The first-order valence-corrected chi connectivity index (χ1v) is 6.48. The quantitative estimate of drug-likeness (QED) is 0.797.